The minimum Gasteiger partial charge on any atom is -0.374 e. The molecule has 3 atom stereocenters. The first-order chi connectivity index (χ1) is 11.8. The van der Waals surface area contributed by atoms with E-state index in [0.717, 1.165) is 37.5 Å². The lowest BCUT2D eigenvalue weighted by Gasteiger charge is -2.32. The van der Waals surface area contributed by atoms with Crippen LogP contribution in [0.5, 0.6) is 0 Å². The summed E-state index contributed by atoms with van der Waals surface area (Å²) in [6.45, 7) is 5.19. The van der Waals surface area contributed by atoms with Crippen LogP contribution < -0.4 is 0 Å². The van der Waals surface area contributed by atoms with Gasteiger partial charge in [0.1, 0.15) is 11.1 Å². The standard InChI is InChI=1S/C18H23N3O2S/c1-13-4-2-5-14(20-13)12-23-16-10-21(11-17-19-7-9-24-17)15-6-3-8-22-18(15)16/h2,4-5,7,9,15-16,18H,3,6,8,10-12H2,1H3/t15-,16+,18+/m1/s1. The van der Waals surface area contributed by atoms with E-state index in [4.69, 9.17) is 9.47 Å². The van der Waals surface area contributed by atoms with Crippen LogP contribution in [0.1, 0.15) is 29.2 Å². The first-order valence-corrected chi connectivity index (χ1v) is 9.46. The van der Waals surface area contributed by atoms with Gasteiger partial charge in [-0.1, -0.05) is 6.07 Å². The highest BCUT2D eigenvalue weighted by Crippen LogP contribution is 2.32. The third kappa shape index (κ3) is 3.52. The Hall–Kier alpha value is -1.34. The third-order valence-electron chi connectivity index (χ3n) is 4.80. The molecule has 2 aromatic rings. The van der Waals surface area contributed by atoms with Gasteiger partial charge >= 0.3 is 0 Å². The quantitative estimate of drug-likeness (QED) is 0.834. The lowest BCUT2D eigenvalue weighted by atomic mass is 10.0. The Labute approximate surface area is 146 Å². The molecule has 0 radical (unpaired) electrons. The fourth-order valence-electron chi connectivity index (χ4n) is 3.71. The molecule has 0 saturated carbocycles. The maximum Gasteiger partial charge on any atom is 0.107 e. The van der Waals surface area contributed by atoms with Crippen LogP contribution in [0.3, 0.4) is 0 Å². The second-order valence-corrected chi connectivity index (χ2v) is 7.50. The Bertz CT molecular complexity index is 664. The van der Waals surface area contributed by atoms with Gasteiger partial charge in [-0.15, -0.1) is 11.3 Å². The van der Waals surface area contributed by atoms with Gasteiger partial charge in [-0.2, -0.15) is 0 Å². The molecule has 4 heterocycles. The van der Waals surface area contributed by atoms with Crippen LogP contribution >= 0.6 is 11.3 Å². The van der Waals surface area contributed by atoms with Crippen LogP contribution in [0.15, 0.2) is 29.8 Å². The number of pyridine rings is 1. The molecule has 5 nitrogen and oxygen atoms in total. The van der Waals surface area contributed by atoms with E-state index >= 15 is 0 Å². The number of hydrogen-bond donors (Lipinski definition) is 0. The second kappa shape index (κ2) is 7.27. The number of nitrogens with zero attached hydrogens (tertiary/aromatic N) is 3. The molecule has 2 aliphatic rings. The minimum atomic E-state index is 0.109. The number of aromatic nitrogens is 2. The van der Waals surface area contributed by atoms with Crippen LogP contribution in [0.4, 0.5) is 0 Å². The van der Waals surface area contributed by atoms with Crippen LogP contribution in [0, 0.1) is 6.92 Å². The zero-order valence-electron chi connectivity index (χ0n) is 13.9. The molecule has 0 spiro atoms. The van der Waals surface area contributed by atoms with Gasteiger partial charge in [0.2, 0.25) is 0 Å². The summed E-state index contributed by atoms with van der Waals surface area (Å²) >= 11 is 1.72. The predicted molar refractivity (Wildman–Crippen MR) is 92.8 cm³/mol. The van der Waals surface area contributed by atoms with Gasteiger partial charge in [-0.05, 0) is 31.9 Å². The van der Waals surface area contributed by atoms with E-state index < -0.39 is 0 Å². The molecule has 2 fully saturated rings. The minimum absolute atomic E-state index is 0.109. The van der Waals surface area contributed by atoms with Crippen LogP contribution in [0.2, 0.25) is 0 Å². The Morgan fingerprint density at radius 3 is 3.21 bits per heavy atom. The van der Waals surface area contributed by atoms with Gasteiger partial charge in [-0.25, -0.2) is 4.98 Å². The largest absolute Gasteiger partial charge is 0.374 e. The van der Waals surface area contributed by atoms with E-state index in [1.165, 1.54) is 11.4 Å². The Kier molecular flexibility index (Phi) is 4.89. The lowest BCUT2D eigenvalue weighted by molar-refractivity contribution is -0.0824. The summed E-state index contributed by atoms with van der Waals surface area (Å²) in [6, 6.07) is 6.51. The summed E-state index contributed by atoms with van der Waals surface area (Å²) in [4.78, 5) is 11.4. The second-order valence-electron chi connectivity index (χ2n) is 6.52. The predicted octanol–water partition coefficient (Wildman–Crippen LogP) is 2.80. The molecule has 24 heavy (non-hydrogen) atoms. The molecular weight excluding hydrogens is 322 g/mol. The molecule has 4 rings (SSSR count). The SMILES string of the molecule is Cc1cccc(CO[C@H]2CN(Cc3nccs3)[C@@H]3CCCO[C@H]23)n1. The molecule has 0 amide bonds. The van der Waals surface area contributed by atoms with Crippen LogP contribution in [-0.2, 0) is 22.6 Å². The van der Waals surface area contributed by atoms with Gasteiger partial charge < -0.3 is 9.47 Å². The molecule has 0 N–H and O–H groups in total. The highest BCUT2D eigenvalue weighted by atomic mass is 32.1. The molecule has 0 aromatic carbocycles. The molecule has 0 bridgehead atoms. The van der Waals surface area contributed by atoms with Gasteiger partial charge in [0, 0.05) is 36.5 Å². The van der Waals surface area contributed by atoms with Gasteiger partial charge in [0.15, 0.2) is 0 Å². The van der Waals surface area contributed by atoms with Crippen molar-refractivity contribution in [1.29, 1.82) is 0 Å². The fraction of sp³-hybridized carbons (Fsp3) is 0.556. The van der Waals surface area contributed by atoms with Crippen molar-refractivity contribution in [1.82, 2.24) is 14.9 Å². The summed E-state index contributed by atoms with van der Waals surface area (Å²) in [5.74, 6) is 0. The summed E-state index contributed by atoms with van der Waals surface area (Å²) in [6.07, 6.45) is 4.46. The van der Waals surface area contributed by atoms with Gasteiger partial charge in [-0.3, -0.25) is 9.88 Å². The maximum absolute atomic E-state index is 6.22. The van der Waals surface area contributed by atoms with Crippen molar-refractivity contribution < 1.29 is 9.47 Å². The topological polar surface area (TPSA) is 47.5 Å². The molecule has 2 saturated heterocycles. The number of thiazole rings is 1. The molecular formula is C18H23N3O2S. The summed E-state index contributed by atoms with van der Waals surface area (Å²) in [7, 11) is 0. The van der Waals surface area contributed by atoms with E-state index in [1.807, 2.05) is 36.7 Å². The van der Waals surface area contributed by atoms with Gasteiger partial charge in [0.25, 0.3) is 0 Å². The third-order valence-corrected chi connectivity index (χ3v) is 5.56. The Morgan fingerprint density at radius 2 is 2.38 bits per heavy atom. The Morgan fingerprint density at radius 1 is 1.42 bits per heavy atom. The van der Waals surface area contributed by atoms with Crippen molar-refractivity contribution in [3.8, 4) is 0 Å². The molecule has 0 aliphatic carbocycles. The fourth-order valence-corrected chi connectivity index (χ4v) is 4.35. The van der Waals surface area contributed by atoms with Crippen molar-refractivity contribution in [3.05, 3.63) is 46.2 Å². The number of hydrogen-bond acceptors (Lipinski definition) is 6. The zero-order chi connectivity index (χ0) is 16.4. The monoisotopic (exact) mass is 345 g/mol. The number of rotatable bonds is 5. The van der Waals surface area contributed by atoms with Crippen molar-refractivity contribution in [2.75, 3.05) is 13.2 Å². The zero-order valence-corrected chi connectivity index (χ0v) is 14.7. The number of likely N-dealkylation sites (tertiary alicyclic amines) is 1. The average Bonchev–Trinajstić information content (AvgIpc) is 3.22. The highest BCUT2D eigenvalue weighted by molar-refractivity contribution is 7.09. The van der Waals surface area contributed by atoms with E-state index in [-0.39, 0.29) is 12.2 Å². The first kappa shape index (κ1) is 16.1. The van der Waals surface area contributed by atoms with Crippen molar-refractivity contribution in [3.63, 3.8) is 0 Å². The highest BCUT2D eigenvalue weighted by Gasteiger charge is 2.44. The normalized spacial score (nSPS) is 27.3. The molecule has 2 aromatic heterocycles. The summed E-state index contributed by atoms with van der Waals surface area (Å²) < 4.78 is 12.3. The van der Waals surface area contributed by atoms with E-state index in [9.17, 15) is 0 Å². The molecule has 0 unspecified atom stereocenters. The lowest BCUT2D eigenvalue weighted by Crippen LogP contribution is -2.41. The van der Waals surface area contributed by atoms with E-state index in [0.29, 0.717) is 12.6 Å². The number of aryl methyl sites for hydroxylation is 1. The maximum atomic E-state index is 6.22. The number of fused-ring (bicyclic) bond motifs is 1. The van der Waals surface area contributed by atoms with Crippen molar-refractivity contribution in [2.45, 2.75) is 51.2 Å². The van der Waals surface area contributed by atoms with E-state index in [2.05, 4.69) is 14.9 Å². The molecule has 6 heteroatoms. The Balaban J connectivity index is 1.42. The smallest absolute Gasteiger partial charge is 0.107 e. The molecule has 128 valence electrons. The average molecular weight is 345 g/mol. The van der Waals surface area contributed by atoms with Crippen LogP contribution in [-0.4, -0.2) is 46.3 Å². The van der Waals surface area contributed by atoms with Gasteiger partial charge in [0.05, 0.1) is 24.9 Å². The van der Waals surface area contributed by atoms with Crippen LogP contribution in [0.25, 0.3) is 0 Å². The summed E-state index contributed by atoms with van der Waals surface area (Å²) in [5.41, 5.74) is 2.01. The summed E-state index contributed by atoms with van der Waals surface area (Å²) in [5, 5.41) is 3.21. The van der Waals surface area contributed by atoms with E-state index in [1.54, 1.807) is 11.3 Å². The first-order valence-electron chi connectivity index (χ1n) is 8.58. The molecule has 2 aliphatic heterocycles. The van der Waals surface area contributed by atoms with Crippen molar-refractivity contribution in [2.24, 2.45) is 0 Å². The number of ether oxygens (including phenoxy) is 2. The van der Waals surface area contributed by atoms with Crippen molar-refractivity contribution >= 4 is 11.3 Å².